The summed E-state index contributed by atoms with van der Waals surface area (Å²) in [6, 6.07) is 2.17. The number of aryl methyl sites for hydroxylation is 2. The minimum atomic E-state index is -3.96. The number of hydrogen-bond acceptors (Lipinski definition) is 4. The Kier molecular flexibility index (Phi) is 4.06. The van der Waals surface area contributed by atoms with Gasteiger partial charge in [-0.1, -0.05) is 18.2 Å². The standard InChI is InChI=1S/C14H17NO5S/c1-9-7-10(2)13(12(8-9)20-3)21(18,19)15-6-4-5-11(15)14(16)17/h4-5,7-8,11H,6H2,1-3H3,(H,16,17). The third kappa shape index (κ3) is 2.66. The normalized spacial score (nSPS) is 18.9. The molecule has 0 spiro atoms. The number of carboxylic acids is 1. The molecule has 114 valence electrons. The molecule has 1 unspecified atom stereocenters. The molecule has 1 aromatic carbocycles. The number of ether oxygens (including phenoxy) is 1. The monoisotopic (exact) mass is 311 g/mol. The van der Waals surface area contributed by atoms with Crippen molar-refractivity contribution < 1.29 is 23.1 Å². The van der Waals surface area contributed by atoms with Crippen LogP contribution in [0.15, 0.2) is 29.2 Å². The van der Waals surface area contributed by atoms with E-state index in [0.717, 1.165) is 9.87 Å². The number of benzene rings is 1. The maximum absolute atomic E-state index is 12.8. The van der Waals surface area contributed by atoms with Crippen molar-refractivity contribution in [3.63, 3.8) is 0 Å². The third-order valence-electron chi connectivity index (χ3n) is 3.34. The summed E-state index contributed by atoms with van der Waals surface area (Å²) in [6.45, 7) is 3.54. The van der Waals surface area contributed by atoms with Crippen molar-refractivity contribution >= 4 is 16.0 Å². The first-order chi connectivity index (χ1) is 9.78. The van der Waals surface area contributed by atoms with E-state index in [2.05, 4.69) is 0 Å². The number of hydrogen-bond donors (Lipinski definition) is 1. The van der Waals surface area contributed by atoms with E-state index in [1.54, 1.807) is 19.1 Å². The van der Waals surface area contributed by atoms with Gasteiger partial charge in [0.1, 0.15) is 16.7 Å². The predicted octanol–water partition coefficient (Wildman–Crippen LogP) is 1.33. The first-order valence-electron chi connectivity index (χ1n) is 6.35. The lowest BCUT2D eigenvalue weighted by Gasteiger charge is -2.23. The van der Waals surface area contributed by atoms with Gasteiger partial charge in [-0.25, -0.2) is 8.42 Å². The summed E-state index contributed by atoms with van der Waals surface area (Å²) >= 11 is 0. The fourth-order valence-electron chi connectivity index (χ4n) is 2.47. The average molecular weight is 311 g/mol. The van der Waals surface area contributed by atoms with Crippen molar-refractivity contribution in [1.82, 2.24) is 4.31 Å². The molecule has 1 atom stereocenters. The number of nitrogens with zero attached hydrogens (tertiary/aromatic N) is 1. The molecule has 0 aromatic heterocycles. The number of carboxylic acid groups (broad SMARTS) is 1. The zero-order valence-electron chi connectivity index (χ0n) is 12.0. The highest BCUT2D eigenvalue weighted by Crippen LogP contribution is 2.33. The Hall–Kier alpha value is -1.86. The van der Waals surface area contributed by atoms with Gasteiger partial charge in [0.05, 0.1) is 7.11 Å². The van der Waals surface area contributed by atoms with Crippen LogP contribution >= 0.6 is 0 Å². The lowest BCUT2D eigenvalue weighted by atomic mass is 10.1. The van der Waals surface area contributed by atoms with Gasteiger partial charge < -0.3 is 9.84 Å². The Balaban J connectivity index is 2.58. The topological polar surface area (TPSA) is 83.9 Å². The van der Waals surface area contributed by atoms with Crippen molar-refractivity contribution in [2.45, 2.75) is 24.8 Å². The molecule has 0 fully saturated rings. The van der Waals surface area contributed by atoms with E-state index in [4.69, 9.17) is 9.84 Å². The van der Waals surface area contributed by atoms with Crippen LogP contribution in [0.3, 0.4) is 0 Å². The first kappa shape index (κ1) is 15.5. The van der Waals surface area contributed by atoms with Gasteiger partial charge >= 0.3 is 5.97 Å². The van der Waals surface area contributed by atoms with E-state index in [0.29, 0.717) is 5.56 Å². The molecule has 0 amide bonds. The molecule has 6 nitrogen and oxygen atoms in total. The van der Waals surface area contributed by atoms with Crippen molar-refractivity contribution in [3.05, 3.63) is 35.4 Å². The molecule has 21 heavy (non-hydrogen) atoms. The SMILES string of the molecule is COc1cc(C)cc(C)c1S(=O)(=O)N1CC=CC1C(=O)O. The van der Waals surface area contributed by atoms with Crippen LogP contribution in [0.25, 0.3) is 0 Å². The molecule has 0 radical (unpaired) electrons. The maximum atomic E-state index is 12.8. The molecule has 7 heteroatoms. The summed E-state index contributed by atoms with van der Waals surface area (Å²) in [4.78, 5) is 11.2. The van der Waals surface area contributed by atoms with Gasteiger partial charge in [-0.15, -0.1) is 0 Å². The predicted molar refractivity (Wildman–Crippen MR) is 76.9 cm³/mol. The van der Waals surface area contributed by atoms with E-state index < -0.39 is 22.0 Å². The highest BCUT2D eigenvalue weighted by atomic mass is 32.2. The summed E-state index contributed by atoms with van der Waals surface area (Å²) in [6.07, 6.45) is 2.90. The Labute approximate surface area is 123 Å². The zero-order chi connectivity index (χ0) is 15.8. The molecular weight excluding hydrogens is 294 g/mol. The Morgan fingerprint density at radius 3 is 2.62 bits per heavy atom. The summed E-state index contributed by atoms with van der Waals surface area (Å²) in [5, 5.41) is 9.15. The van der Waals surface area contributed by atoms with Crippen molar-refractivity contribution in [2.75, 3.05) is 13.7 Å². The lowest BCUT2D eigenvalue weighted by molar-refractivity contribution is -0.139. The molecule has 1 aliphatic rings. The number of carbonyl (C=O) groups is 1. The lowest BCUT2D eigenvalue weighted by Crippen LogP contribution is -2.41. The van der Waals surface area contributed by atoms with Gasteiger partial charge in [0, 0.05) is 6.54 Å². The van der Waals surface area contributed by atoms with Gasteiger partial charge in [0.15, 0.2) is 0 Å². The van der Waals surface area contributed by atoms with Crippen molar-refractivity contribution in [3.8, 4) is 5.75 Å². The molecular formula is C14H17NO5S. The minimum Gasteiger partial charge on any atom is -0.495 e. The fourth-order valence-corrected chi connectivity index (χ4v) is 4.31. The fraction of sp³-hybridized carbons (Fsp3) is 0.357. The average Bonchev–Trinajstić information content (AvgIpc) is 2.87. The van der Waals surface area contributed by atoms with E-state index in [-0.39, 0.29) is 17.2 Å². The number of rotatable bonds is 4. The highest BCUT2D eigenvalue weighted by Gasteiger charge is 2.38. The van der Waals surface area contributed by atoms with Gasteiger partial charge in [0.25, 0.3) is 0 Å². The zero-order valence-corrected chi connectivity index (χ0v) is 12.8. The summed E-state index contributed by atoms with van der Waals surface area (Å²) in [7, 11) is -2.57. The van der Waals surface area contributed by atoms with Crippen LogP contribution in [0, 0.1) is 13.8 Å². The summed E-state index contributed by atoms with van der Waals surface area (Å²) in [5.74, 6) is -0.973. The quantitative estimate of drug-likeness (QED) is 0.848. The second kappa shape index (κ2) is 5.50. The van der Waals surface area contributed by atoms with Crippen LogP contribution in [-0.2, 0) is 14.8 Å². The van der Waals surface area contributed by atoms with Crippen LogP contribution in [0.1, 0.15) is 11.1 Å². The van der Waals surface area contributed by atoms with E-state index in [1.165, 1.54) is 19.3 Å². The van der Waals surface area contributed by atoms with Crippen LogP contribution in [-0.4, -0.2) is 43.5 Å². The number of aliphatic carboxylic acids is 1. The minimum absolute atomic E-state index is 0.0190. The van der Waals surface area contributed by atoms with Gasteiger partial charge in [0.2, 0.25) is 10.0 Å². The van der Waals surface area contributed by atoms with Gasteiger partial charge in [-0.05, 0) is 31.0 Å². The van der Waals surface area contributed by atoms with Crippen LogP contribution in [0.2, 0.25) is 0 Å². The van der Waals surface area contributed by atoms with Crippen molar-refractivity contribution in [2.24, 2.45) is 0 Å². The number of methoxy groups -OCH3 is 1. The van der Waals surface area contributed by atoms with Crippen LogP contribution in [0.5, 0.6) is 5.75 Å². The highest BCUT2D eigenvalue weighted by molar-refractivity contribution is 7.89. The second-order valence-electron chi connectivity index (χ2n) is 4.90. The van der Waals surface area contributed by atoms with Crippen LogP contribution < -0.4 is 4.74 Å². The molecule has 1 aliphatic heterocycles. The molecule has 2 rings (SSSR count). The Morgan fingerprint density at radius 2 is 2.05 bits per heavy atom. The van der Waals surface area contributed by atoms with Crippen LogP contribution in [0.4, 0.5) is 0 Å². The third-order valence-corrected chi connectivity index (χ3v) is 5.37. The Bertz CT molecular complexity index is 708. The molecule has 0 saturated carbocycles. The summed E-state index contributed by atoms with van der Waals surface area (Å²) < 4.78 is 31.7. The van der Waals surface area contributed by atoms with E-state index >= 15 is 0 Å². The molecule has 1 aromatic rings. The second-order valence-corrected chi connectivity index (χ2v) is 6.73. The van der Waals surface area contributed by atoms with E-state index in [1.807, 2.05) is 6.92 Å². The maximum Gasteiger partial charge on any atom is 0.326 e. The van der Waals surface area contributed by atoms with Gasteiger partial charge in [-0.3, -0.25) is 4.79 Å². The summed E-state index contributed by atoms with van der Waals surface area (Å²) in [5.41, 5.74) is 1.40. The molecule has 0 saturated heterocycles. The largest absolute Gasteiger partial charge is 0.495 e. The molecule has 0 aliphatic carbocycles. The molecule has 1 heterocycles. The first-order valence-corrected chi connectivity index (χ1v) is 7.79. The Morgan fingerprint density at radius 1 is 1.38 bits per heavy atom. The van der Waals surface area contributed by atoms with E-state index in [9.17, 15) is 13.2 Å². The smallest absolute Gasteiger partial charge is 0.326 e. The van der Waals surface area contributed by atoms with Gasteiger partial charge in [-0.2, -0.15) is 4.31 Å². The van der Waals surface area contributed by atoms with Crippen molar-refractivity contribution in [1.29, 1.82) is 0 Å². The molecule has 1 N–H and O–H groups in total. The number of sulfonamides is 1. The molecule has 0 bridgehead atoms.